The summed E-state index contributed by atoms with van der Waals surface area (Å²) in [6.45, 7) is 5.64. The molecule has 0 N–H and O–H groups in total. The van der Waals surface area contributed by atoms with Crippen LogP contribution in [-0.2, 0) is 11.2 Å². The number of nitrogens with zero attached hydrogens (tertiary/aromatic N) is 1. The maximum absolute atomic E-state index is 14.7. The zero-order valence-electron chi connectivity index (χ0n) is 19.2. The fourth-order valence-corrected chi connectivity index (χ4v) is 3.53. The van der Waals surface area contributed by atoms with Crippen molar-refractivity contribution in [3.05, 3.63) is 99.5 Å². The Balaban J connectivity index is 1.98. The van der Waals surface area contributed by atoms with E-state index in [9.17, 15) is 23.3 Å². The molecule has 0 radical (unpaired) electrons. The van der Waals surface area contributed by atoms with E-state index in [-0.39, 0.29) is 23.1 Å². The van der Waals surface area contributed by atoms with Crippen molar-refractivity contribution in [3.8, 4) is 5.75 Å². The number of Topliss-reactive ketones (excluding diaryl/α,β-unsaturated/α-hetero) is 1. The van der Waals surface area contributed by atoms with Crippen LogP contribution in [0.25, 0.3) is 5.57 Å². The third kappa shape index (κ3) is 5.60. The van der Waals surface area contributed by atoms with Crippen molar-refractivity contribution in [3.63, 3.8) is 0 Å². The van der Waals surface area contributed by atoms with Gasteiger partial charge in [0.25, 0.3) is 0 Å². The molecular weight excluding hydrogens is 440 g/mol. The van der Waals surface area contributed by atoms with Crippen molar-refractivity contribution in [1.29, 1.82) is 0 Å². The van der Waals surface area contributed by atoms with E-state index in [1.165, 1.54) is 12.2 Å². The number of benzene rings is 2. The Bertz CT molecular complexity index is 1210. The predicted octanol–water partition coefficient (Wildman–Crippen LogP) is 6.17. The first-order chi connectivity index (χ1) is 16.2. The first-order valence-corrected chi connectivity index (χ1v) is 10.9. The predicted molar refractivity (Wildman–Crippen MR) is 127 cm³/mol. The molecular formula is C27H25F2NO4. The fraction of sp³-hybridized carbons (Fsp3) is 0.259. The highest BCUT2D eigenvalue weighted by Crippen LogP contribution is 2.34. The van der Waals surface area contributed by atoms with E-state index in [0.717, 1.165) is 23.8 Å². The molecule has 0 bridgehead atoms. The monoisotopic (exact) mass is 465 g/mol. The van der Waals surface area contributed by atoms with Crippen LogP contribution in [0.5, 0.6) is 5.75 Å². The SMILES string of the molecule is CCOc1ccc(C/C=C2\C=C(C(=O)/C=C/CC(C)(C)N=O)C(=O)c3c(F)ccc(F)c32)cc1. The van der Waals surface area contributed by atoms with Gasteiger partial charge in [-0.3, -0.25) is 9.59 Å². The van der Waals surface area contributed by atoms with Crippen LogP contribution in [0, 0.1) is 16.5 Å². The number of hydrogen-bond donors (Lipinski definition) is 0. The smallest absolute Gasteiger partial charge is 0.200 e. The lowest BCUT2D eigenvalue weighted by Gasteiger charge is -2.19. The van der Waals surface area contributed by atoms with E-state index in [1.807, 2.05) is 19.1 Å². The molecule has 7 heteroatoms. The molecule has 0 amide bonds. The van der Waals surface area contributed by atoms with Gasteiger partial charge in [0.05, 0.1) is 17.7 Å². The number of carbonyl (C=O) groups excluding carboxylic acids is 2. The summed E-state index contributed by atoms with van der Waals surface area (Å²) in [5, 5.41) is 2.97. The molecule has 0 aromatic heterocycles. The molecule has 0 heterocycles. The van der Waals surface area contributed by atoms with Crippen LogP contribution in [0.15, 0.2) is 71.5 Å². The average Bonchev–Trinajstić information content (AvgIpc) is 2.81. The number of rotatable bonds is 9. The van der Waals surface area contributed by atoms with Gasteiger partial charge in [-0.25, -0.2) is 8.78 Å². The standard InChI is InChI=1S/C27H25F2NO4/c1-4-34-19-11-8-17(9-12-19)7-10-18-16-20(23(31)6-5-15-27(2,3)30-33)26(32)25-22(29)14-13-21(28)24(18)25/h5-6,8-14,16H,4,7,15H2,1-3H3/b6-5+,18-10+. The third-order valence-corrected chi connectivity index (χ3v) is 5.36. The maximum atomic E-state index is 14.7. The molecule has 0 aliphatic heterocycles. The fourth-order valence-electron chi connectivity index (χ4n) is 3.53. The van der Waals surface area contributed by atoms with Crippen LogP contribution >= 0.6 is 0 Å². The van der Waals surface area contributed by atoms with Gasteiger partial charge in [0.1, 0.15) is 22.9 Å². The summed E-state index contributed by atoms with van der Waals surface area (Å²) in [4.78, 5) is 36.5. The summed E-state index contributed by atoms with van der Waals surface area (Å²) in [6, 6.07) is 9.14. The molecule has 176 valence electrons. The molecule has 0 atom stereocenters. The summed E-state index contributed by atoms with van der Waals surface area (Å²) < 4.78 is 34.7. The lowest BCUT2D eigenvalue weighted by molar-refractivity contribution is -0.111. The lowest BCUT2D eigenvalue weighted by Crippen LogP contribution is -2.20. The number of ether oxygens (including phenoxy) is 1. The van der Waals surface area contributed by atoms with E-state index in [1.54, 1.807) is 32.1 Å². The first kappa shape index (κ1) is 24.9. The van der Waals surface area contributed by atoms with Gasteiger partial charge in [-0.2, -0.15) is 4.91 Å². The van der Waals surface area contributed by atoms with Crippen molar-refractivity contribution >= 4 is 17.1 Å². The largest absolute Gasteiger partial charge is 0.494 e. The maximum Gasteiger partial charge on any atom is 0.200 e. The number of carbonyl (C=O) groups is 2. The Morgan fingerprint density at radius 2 is 1.71 bits per heavy atom. The van der Waals surface area contributed by atoms with Crippen molar-refractivity contribution in [1.82, 2.24) is 0 Å². The molecule has 2 aromatic rings. The Labute approximate surface area is 196 Å². The van der Waals surface area contributed by atoms with Crippen LogP contribution in [-0.4, -0.2) is 23.7 Å². The van der Waals surface area contributed by atoms with Gasteiger partial charge in [0.2, 0.25) is 5.78 Å². The number of allylic oxidation sites excluding steroid dienone is 5. The molecule has 3 rings (SSSR count). The van der Waals surface area contributed by atoms with E-state index < -0.39 is 34.3 Å². The molecule has 0 saturated heterocycles. The first-order valence-electron chi connectivity index (χ1n) is 10.9. The molecule has 34 heavy (non-hydrogen) atoms. The molecule has 1 aliphatic carbocycles. The highest BCUT2D eigenvalue weighted by molar-refractivity contribution is 6.32. The number of fused-ring (bicyclic) bond motifs is 1. The normalized spacial score (nSPS) is 14.8. The molecule has 0 unspecified atom stereocenters. The zero-order chi connectivity index (χ0) is 24.9. The van der Waals surface area contributed by atoms with E-state index in [2.05, 4.69) is 5.18 Å². The number of halogens is 2. The summed E-state index contributed by atoms with van der Waals surface area (Å²) in [6.07, 6.45) is 6.08. The third-order valence-electron chi connectivity index (χ3n) is 5.36. The van der Waals surface area contributed by atoms with Crippen LogP contribution in [0.3, 0.4) is 0 Å². The second kappa shape index (κ2) is 10.5. The van der Waals surface area contributed by atoms with Crippen LogP contribution in [0.2, 0.25) is 0 Å². The highest BCUT2D eigenvalue weighted by Gasteiger charge is 2.31. The number of ketones is 2. The number of nitroso groups, excluding NO2 is 1. The number of hydrogen-bond acceptors (Lipinski definition) is 5. The molecule has 0 fully saturated rings. The lowest BCUT2D eigenvalue weighted by atomic mass is 9.83. The summed E-state index contributed by atoms with van der Waals surface area (Å²) in [5.74, 6) is -2.48. The zero-order valence-corrected chi connectivity index (χ0v) is 19.2. The minimum Gasteiger partial charge on any atom is -0.494 e. The molecule has 1 aliphatic rings. The summed E-state index contributed by atoms with van der Waals surface area (Å²) in [5.41, 5.74) is -0.687. The van der Waals surface area contributed by atoms with Gasteiger partial charge in [-0.15, -0.1) is 0 Å². The van der Waals surface area contributed by atoms with Gasteiger partial charge < -0.3 is 4.74 Å². The van der Waals surface area contributed by atoms with Crippen LogP contribution in [0.1, 0.15) is 48.7 Å². The average molecular weight is 465 g/mol. The summed E-state index contributed by atoms with van der Waals surface area (Å²) in [7, 11) is 0. The van der Waals surface area contributed by atoms with E-state index >= 15 is 0 Å². The second-order valence-electron chi connectivity index (χ2n) is 8.48. The van der Waals surface area contributed by atoms with Gasteiger partial charge >= 0.3 is 0 Å². The minimum atomic E-state index is -0.910. The minimum absolute atomic E-state index is 0.164. The van der Waals surface area contributed by atoms with E-state index in [4.69, 9.17) is 4.74 Å². The molecule has 0 spiro atoms. The van der Waals surface area contributed by atoms with Crippen LogP contribution in [0.4, 0.5) is 8.78 Å². The van der Waals surface area contributed by atoms with Gasteiger partial charge in [-0.1, -0.05) is 29.5 Å². The van der Waals surface area contributed by atoms with E-state index in [0.29, 0.717) is 18.8 Å². The highest BCUT2D eigenvalue weighted by atomic mass is 19.1. The quantitative estimate of drug-likeness (QED) is 0.252. The molecule has 0 saturated carbocycles. The Hall–Kier alpha value is -3.74. The Kier molecular flexibility index (Phi) is 7.66. The topological polar surface area (TPSA) is 72.8 Å². The van der Waals surface area contributed by atoms with Gasteiger partial charge in [0, 0.05) is 5.56 Å². The van der Waals surface area contributed by atoms with Crippen LogP contribution < -0.4 is 4.74 Å². The Morgan fingerprint density at radius 1 is 1.06 bits per heavy atom. The van der Waals surface area contributed by atoms with Gasteiger partial charge in [0.15, 0.2) is 5.78 Å². The van der Waals surface area contributed by atoms with Gasteiger partial charge in [-0.05, 0) is 81.2 Å². The Morgan fingerprint density at radius 3 is 2.32 bits per heavy atom. The second-order valence-corrected chi connectivity index (χ2v) is 8.48. The summed E-state index contributed by atoms with van der Waals surface area (Å²) >= 11 is 0. The molecule has 5 nitrogen and oxygen atoms in total. The van der Waals surface area contributed by atoms with Crippen molar-refractivity contribution < 1.29 is 23.1 Å². The van der Waals surface area contributed by atoms with Crippen molar-refractivity contribution in [2.24, 2.45) is 5.18 Å². The van der Waals surface area contributed by atoms with Crippen molar-refractivity contribution in [2.75, 3.05) is 6.61 Å². The molecule has 2 aromatic carbocycles. The van der Waals surface area contributed by atoms with Crippen molar-refractivity contribution in [2.45, 2.75) is 39.2 Å².